The first-order chi connectivity index (χ1) is 8.74. The van der Waals surface area contributed by atoms with Gasteiger partial charge in [-0.2, -0.15) is 13.2 Å². The Balaban J connectivity index is 2.52. The molecule has 1 unspecified atom stereocenters. The monoisotopic (exact) mass is 283 g/mol. The average Bonchev–Trinajstić information content (AvgIpc) is 2.71. The van der Waals surface area contributed by atoms with Crippen LogP contribution >= 0.6 is 0 Å². The van der Waals surface area contributed by atoms with Crippen LogP contribution in [0.15, 0.2) is 0 Å². The quantitative estimate of drug-likeness (QED) is 0.753. The maximum absolute atomic E-state index is 11.8. The normalized spacial score (nSPS) is 27.3. The minimum atomic E-state index is -4.54. The number of alkyl halides is 3. The molecule has 8 heteroatoms. The molecule has 1 rings (SSSR count). The van der Waals surface area contributed by atoms with Crippen LogP contribution in [0.3, 0.4) is 0 Å². The van der Waals surface area contributed by atoms with E-state index >= 15 is 0 Å². The molecule has 0 aliphatic heterocycles. The summed E-state index contributed by atoms with van der Waals surface area (Å²) in [4.78, 5) is 26.7. The summed E-state index contributed by atoms with van der Waals surface area (Å²) in [7, 11) is 0. The summed E-state index contributed by atoms with van der Waals surface area (Å²) in [6.07, 6.45) is -3.09. The minimum absolute atomic E-state index is 0.0967. The van der Waals surface area contributed by atoms with Crippen LogP contribution in [0.1, 0.15) is 26.2 Å². The molecule has 5 nitrogen and oxygen atoms in total. The van der Waals surface area contributed by atoms with Crippen LogP contribution in [0.2, 0.25) is 0 Å². The van der Waals surface area contributed by atoms with Crippen molar-refractivity contribution in [1.29, 1.82) is 0 Å². The Hall–Kier alpha value is -1.31. The van der Waals surface area contributed by atoms with Crippen LogP contribution in [-0.2, 0) is 14.4 Å². The zero-order chi connectivity index (χ0) is 14.6. The molecule has 0 aromatic rings. The fourth-order valence-electron chi connectivity index (χ4n) is 2.30. The summed E-state index contributed by atoms with van der Waals surface area (Å²) >= 11 is 0. The Kier molecular flexibility index (Phi) is 5.16. The van der Waals surface area contributed by atoms with Gasteiger partial charge in [0.25, 0.3) is 0 Å². The second kappa shape index (κ2) is 6.23. The smallest absolute Gasteiger partial charge is 0.414 e. The molecule has 3 atom stereocenters. The third kappa shape index (κ3) is 4.70. The van der Waals surface area contributed by atoms with Crippen molar-refractivity contribution in [2.24, 2.45) is 17.8 Å². The van der Waals surface area contributed by atoms with Gasteiger partial charge in [0, 0.05) is 0 Å². The van der Waals surface area contributed by atoms with Crippen molar-refractivity contribution in [2.45, 2.75) is 32.4 Å². The van der Waals surface area contributed by atoms with E-state index in [0.29, 0.717) is 12.8 Å². The molecule has 2 N–H and O–H groups in total. The lowest BCUT2D eigenvalue weighted by Gasteiger charge is -2.15. The van der Waals surface area contributed by atoms with Crippen molar-refractivity contribution < 1.29 is 32.7 Å². The van der Waals surface area contributed by atoms with Crippen LogP contribution in [-0.4, -0.2) is 29.8 Å². The molecular formula is C11H16F3NO4. The minimum Gasteiger partial charge on any atom is -0.481 e. The number of hydrogen-bond donors (Lipinski definition) is 2. The summed E-state index contributed by atoms with van der Waals surface area (Å²) in [5.41, 5.74) is 1.69. The summed E-state index contributed by atoms with van der Waals surface area (Å²) in [6.45, 7) is 0.282. The number of amides is 1. The lowest BCUT2D eigenvalue weighted by atomic mass is 9.96. The molecule has 0 saturated heterocycles. The number of rotatable bonds is 5. The van der Waals surface area contributed by atoms with Gasteiger partial charge in [0.1, 0.15) is 0 Å². The predicted octanol–water partition coefficient (Wildman–Crippen LogP) is 1.73. The largest absolute Gasteiger partial charge is 0.481 e. The highest BCUT2D eigenvalue weighted by atomic mass is 19.4. The van der Waals surface area contributed by atoms with E-state index in [1.807, 2.05) is 6.92 Å². The molecule has 1 saturated carbocycles. The molecule has 1 aliphatic rings. The maximum Gasteiger partial charge on any atom is 0.414 e. The highest BCUT2D eigenvalue weighted by molar-refractivity contribution is 5.84. The van der Waals surface area contributed by atoms with E-state index < -0.39 is 36.5 Å². The molecule has 0 spiro atoms. The van der Waals surface area contributed by atoms with Gasteiger partial charge in [-0.15, -0.1) is 0 Å². The zero-order valence-electron chi connectivity index (χ0n) is 10.4. The molecule has 0 radical (unpaired) electrons. The first-order valence-corrected chi connectivity index (χ1v) is 5.95. The van der Waals surface area contributed by atoms with E-state index in [2.05, 4.69) is 4.84 Å². The second-order valence-electron chi connectivity index (χ2n) is 4.67. The van der Waals surface area contributed by atoms with Crippen LogP contribution in [0.4, 0.5) is 13.2 Å². The summed E-state index contributed by atoms with van der Waals surface area (Å²) in [5, 5.41) is 9.00. The fraction of sp³-hybridized carbons (Fsp3) is 0.818. The van der Waals surface area contributed by atoms with Crippen molar-refractivity contribution >= 4 is 11.9 Å². The molecular weight excluding hydrogens is 267 g/mol. The SMILES string of the molecule is CCC1C[C@H](C(=O)NOCC(F)(F)F)[C@H](C(=O)O)C1. The molecule has 1 amide bonds. The van der Waals surface area contributed by atoms with E-state index in [-0.39, 0.29) is 5.92 Å². The first-order valence-electron chi connectivity index (χ1n) is 5.95. The maximum atomic E-state index is 11.8. The molecule has 19 heavy (non-hydrogen) atoms. The molecule has 0 bridgehead atoms. The van der Waals surface area contributed by atoms with Crippen LogP contribution in [0.25, 0.3) is 0 Å². The summed E-state index contributed by atoms with van der Waals surface area (Å²) in [6, 6.07) is 0. The molecule has 0 aromatic heterocycles. The number of carbonyl (C=O) groups is 2. The van der Waals surface area contributed by atoms with E-state index in [1.165, 1.54) is 0 Å². The highest BCUT2D eigenvalue weighted by Crippen LogP contribution is 2.38. The van der Waals surface area contributed by atoms with Gasteiger partial charge in [-0.3, -0.25) is 14.4 Å². The third-order valence-corrected chi connectivity index (χ3v) is 3.30. The number of nitrogens with one attached hydrogen (secondary N) is 1. The van der Waals surface area contributed by atoms with E-state index in [9.17, 15) is 22.8 Å². The molecule has 0 heterocycles. The number of carboxylic acid groups (broad SMARTS) is 1. The first kappa shape index (κ1) is 15.7. The molecule has 1 aliphatic carbocycles. The van der Waals surface area contributed by atoms with Crippen molar-refractivity contribution in [2.75, 3.05) is 6.61 Å². The average molecular weight is 283 g/mol. The van der Waals surface area contributed by atoms with Crippen LogP contribution in [0.5, 0.6) is 0 Å². The molecule has 110 valence electrons. The standard InChI is InChI=1S/C11H16F3NO4/c1-2-6-3-7(8(4-6)10(17)18)9(16)15-19-5-11(12,13)14/h6-8H,2-5H2,1H3,(H,15,16)(H,17,18)/t6?,7-,8+/m0/s1. The van der Waals surface area contributed by atoms with Gasteiger partial charge in [0.2, 0.25) is 5.91 Å². The van der Waals surface area contributed by atoms with E-state index in [0.717, 1.165) is 6.42 Å². The van der Waals surface area contributed by atoms with E-state index in [1.54, 1.807) is 5.48 Å². The predicted molar refractivity (Wildman–Crippen MR) is 57.8 cm³/mol. The number of aliphatic carboxylic acids is 1. The van der Waals surface area contributed by atoms with Gasteiger partial charge in [-0.05, 0) is 18.8 Å². The Morgan fingerprint density at radius 2 is 1.89 bits per heavy atom. The second-order valence-corrected chi connectivity index (χ2v) is 4.67. The zero-order valence-corrected chi connectivity index (χ0v) is 10.4. The van der Waals surface area contributed by atoms with Gasteiger partial charge >= 0.3 is 12.1 Å². The third-order valence-electron chi connectivity index (χ3n) is 3.30. The fourth-order valence-corrected chi connectivity index (χ4v) is 2.30. The summed E-state index contributed by atoms with van der Waals surface area (Å²) in [5.74, 6) is -3.51. The summed E-state index contributed by atoms with van der Waals surface area (Å²) < 4.78 is 35.5. The van der Waals surface area contributed by atoms with Gasteiger partial charge in [0.05, 0.1) is 11.8 Å². The number of hydrogen-bond acceptors (Lipinski definition) is 3. The lowest BCUT2D eigenvalue weighted by Crippen LogP contribution is -2.37. The Morgan fingerprint density at radius 3 is 2.37 bits per heavy atom. The van der Waals surface area contributed by atoms with Crippen LogP contribution in [0, 0.1) is 17.8 Å². The number of carboxylic acids is 1. The van der Waals surface area contributed by atoms with Crippen molar-refractivity contribution in [3.8, 4) is 0 Å². The Morgan fingerprint density at radius 1 is 1.32 bits per heavy atom. The lowest BCUT2D eigenvalue weighted by molar-refractivity contribution is -0.193. The number of carbonyl (C=O) groups excluding carboxylic acids is 1. The van der Waals surface area contributed by atoms with Crippen molar-refractivity contribution in [1.82, 2.24) is 5.48 Å². The van der Waals surface area contributed by atoms with Gasteiger partial charge in [-0.25, -0.2) is 5.48 Å². The van der Waals surface area contributed by atoms with Crippen LogP contribution < -0.4 is 5.48 Å². The van der Waals surface area contributed by atoms with Crippen molar-refractivity contribution in [3.63, 3.8) is 0 Å². The Bertz CT molecular complexity index is 345. The molecule has 1 fully saturated rings. The Labute approximate surface area is 108 Å². The number of hydroxylamine groups is 1. The van der Waals surface area contributed by atoms with Crippen molar-refractivity contribution in [3.05, 3.63) is 0 Å². The molecule has 0 aromatic carbocycles. The van der Waals surface area contributed by atoms with Gasteiger partial charge in [-0.1, -0.05) is 13.3 Å². The highest BCUT2D eigenvalue weighted by Gasteiger charge is 2.42. The van der Waals surface area contributed by atoms with Gasteiger partial charge in [0.15, 0.2) is 6.61 Å². The van der Waals surface area contributed by atoms with Gasteiger partial charge < -0.3 is 5.11 Å². The van der Waals surface area contributed by atoms with E-state index in [4.69, 9.17) is 5.11 Å². The number of halogens is 3. The topological polar surface area (TPSA) is 75.6 Å².